The smallest absolute Gasteiger partial charge is 0.161 e. The van der Waals surface area contributed by atoms with Gasteiger partial charge in [0.2, 0.25) is 0 Å². The Labute approximate surface area is 245 Å². The molecule has 0 fully saturated rings. The van der Waals surface area contributed by atoms with E-state index >= 15 is 0 Å². The number of ether oxygens (including phenoxy) is 1. The van der Waals surface area contributed by atoms with Crippen molar-refractivity contribution in [2.45, 2.75) is 96.7 Å². The third-order valence-electron chi connectivity index (χ3n) is 7.62. The van der Waals surface area contributed by atoms with E-state index in [1.54, 1.807) is 13.0 Å². The Bertz CT molecular complexity index is 1140. The molecule has 0 aliphatic rings. The molecule has 0 bridgehead atoms. The van der Waals surface area contributed by atoms with Gasteiger partial charge in [0.25, 0.3) is 0 Å². The van der Waals surface area contributed by atoms with Crippen LogP contribution in [-0.4, -0.2) is 58.8 Å². The van der Waals surface area contributed by atoms with Crippen LogP contribution in [0.4, 0.5) is 0 Å². The van der Waals surface area contributed by atoms with Gasteiger partial charge in [-0.1, -0.05) is 33.3 Å². The van der Waals surface area contributed by atoms with Crippen molar-refractivity contribution in [3.63, 3.8) is 0 Å². The van der Waals surface area contributed by atoms with Gasteiger partial charge in [-0.3, -0.25) is 0 Å². The molecule has 0 spiro atoms. The number of rotatable bonds is 20. The third kappa shape index (κ3) is 10.5. The minimum absolute atomic E-state index is 0.0880. The van der Waals surface area contributed by atoms with E-state index in [1.165, 1.54) is 0 Å². The van der Waals surface area contributed by atoms with E-state index in [1.807, 2.05) is 18.3 Å². The summed E-state index contributed by atoms with van der Waals surface area (Å²) in [5.74, 6) is 2.81. The van der Waals surface area contributed by atoms with Gasteiger partial charge in [-0.15, -0.1) is 0 Å². The number of aliphatic hydroxyl groups is 2. The fourth-order valence-electron chi connectivity index (χ4n) is 5.11. The van der Waals surface area contributed by atoms with Crippen molar-refractivity contribution < 1.29 is 24.5 Å². The van der Waals surface area contributed by atoms with Crippen LogP contribution in [-0.2, 0) is 19.3 Å². The SMILES string of the molecule is CCCCc1ccc(CCc2ccc(O)c(OC[C@H](NCC)c3cc([C@H](C)[C@H](CCCO)NC[C@H](C)O)c[nH]3)c2)o1. The highest BCUT2D eigenvalue weighted by Crippen LogP contribution is 2.30. The summed E-state index contributed by atoms with van der Waals surface area (Å²) in [6, 6.07) is 11.9. The summed E-state index contributed by atoms with van der Waals surface area (Å²) >= 11 is 0. The number of aromatic hydroxyl groups is 1. The van der Waals surface area contributed by atoms with E-state index in [9.17, 15) is 15.3 Å². The number of hydrogen-bond acceptors (Lipinski definition) is 7. The number of phenols is 1. The van der Waals surface area contributed by atoms with E-state index in [-0.39, 0.29) is 30.4 Å². The van der Waals surface area contributed by atoms with Gasteiger partial charge in [-0.05, 0) is 86.5 Å². The van der Waals surface area contributed by atoms with Crippen LogP contribution >= 0.6 is 0 Å². The standard InChI is InChI=1S/C33H51N3O5/c1-5-7-9-27-14-15-28(41-27)13-11-25-12-16-32(39)33(18-25)40-22-31(34-6-2)30-19-26(21-36-30)24(4)29(10-8-17-37)35-20-23(3)38/h12,14-16,18-19,21,23-24,29,31,34-39H,5-11,13,17,20,22H2,1-4H3/t23-,24-,29-,31-/m0/s1. The number of aromatic nitrogens is 1. The van der Waals surface area contributed by atoms with Crippen molar-refractivity contribution >= 4 is 0 Å². The zero-order valence-electron chi connectivity index (χ0n) is 25.3. The van der Waals surface area contributed by atoms with Gasteiger partial charge in [-0.25, -0.2) is 0 Å². The molecule has 4 atom stereocenters. The monoisotopic (exact) mass is 569 g/mol. The maximum absolute atomic E-state index is 10.5. The molecule has 3 aromatic rings. The molecule has 0 saturated heterocycles. The average molecular weight is 570 g/mol. The first-order valence-electron chi connectivity index (χ1n) is 15.3. The number of aliphatic hydroxyl groups excluding tert-OH is 2. The summed E-state index contributed by atoms with van der Waals surface area (Å²) in [5, 5.41) is 36.6. The normalized spacial score (nSPS) is 14.6. The molecule has 0 amide bonds. The number of likely N-dealkylation sites (N-methyl/N-ethyl adjacent to an activating group) is 1. The first-order valence-corrected chi connectivity index (χ1v) is 15.3. The van der Waals surface area contributed by atoms with Crippen LogP contribution in [0.25, 0.3) is 0 Å². The van der Waals surface area contributed by atoms with Gasteiger partial charge in [0.05, 0.1) is 12.1 Å². The van der Waals surface area contributed by atoms with E-state index in [0.29, 0.717) is 25.3 Å². The highest BCUT2D eigenvalue weighted by molar-refractivity contribution is 5.42. The van der Waals surface area contributed by atoms with E-state index < -0.39 is 6.10 Å². The van der Waals surface area contributed by atoms with Crippen LogP contribution in [0.15, 0.2) is 47.0 Å². The number of H-pyrrole nitrogens is 1. The lowest BCUT2D eigenvalue weighted by molar-refractivity contribution is 0.180. The van der Waals surface area contributed by atoms with Crippen LogP contribution < -0.4 is 15.4 Å². The predicted molar refractivity (Wildman–Crippen MR) is 164 cm³/mol. The van der Waals surface area contributed by atoms with Gasteiger partial charge < -0.3 is 40.1 Å². The number of hydrogen-bond donors (Lipinski definition) is 6. The lowest BCUT2D eigenvalue weighted by Gasteiger charge is -2.25. The molecule has 0 aliphatic carbocycles. The lowest BCUT2D eigenvalue weighted by atomic mass is 9.91. The van der Waals surface area contributed by atoms with Crippen LogP contribution in [0.2, 0.25) is 0 Å². The molecule has 0 radical (unpaired) electrons. The zero-order valence-corrected chi connectivity index (χ0v) is 25.3. The number of nitrogens with one attached hydrogen (secondary N) is 3. The number of benzene rings is 1. The second kappa shape index (κ2) is 17.2. The highest BCUT2D eigenvalue weighted by atomic mass is 16.5. The average Bonchev–Trinajstić information content (AvgIpc) is 3.64. The summed E-state index contributed by atoms with van der Waals surface area (Å²) in [7, 11) is 0. The Morgan fingerprint density at radius 2 is 1.76 bits per heavy atom. The molecule has 3 rings (SSSR count). The Hall–Kier alpha value is -2.78. The predicted octanol–water partition coefficient (Wildman–Crippen LogP) is 5.39. The Morgan fingerprint density at radius 3 is 2.46 bits per heavy atom. The minimum atomic E-state index is -0.431. The second-order valence-electron chi connectivity index (χ2n) is 11.1. The molecular formula is C33H51N3O5. The molecule has 2 aromatic heterocycles. The number of unbranched alkanes of at least 4 members (excludes halogenated alkanes) is 1. The Kier molecular flexibility index (Phi) is 13.8. The summed E-state index contributed by atoms with van der Waals surface area (Å²) < 4.78 is 12.1. The van der Waals surface area contributed by atoms with Crippen molar-refractivity contribution in [2.24, 2.45) is 0 Å². The lowest BCUT2D eigenvalue weighted by Crippen LogP contribution is -2.38. The van der Waals surface area contributed by atoms with Crippen LogP contribution in [0, 0.1) is 0 Å². The number of aromatic amines is 1. The molecule has 0 saturated carbocycles. The summed E-state index contributed by atoms with van der Waals surface area (Å²) in [5.41, 5.74) is 3.25. The summed E-state index contributed by atoms with van der Waals surface area (Å²) in [4.78, 5) is 3.42. The van der Waals surface area contributed by atoms with Crippen molar-refractivity contribution in [3.05, 3.63) is 70.9 Å². The second-order valence-corrected chi connectivity index (χ2v) is 11.1. The zero-order chi connectivity index (χ0) is 29.6. The Balaban J connectivity index is 1.63. The van der Waals surface area contributed by atoms with Gasteiger partial charge in [0.15, 0.2) is 11.5 Å². The van der Waals surface area contributed by atoms with Gasteiger partial charge >= 0.3 is 0 Å². The fourth-order valence-corrected chi connectivity index (χ4v) is 5.11. The van der Waals surface area contributed by atoms with Gasteiger partial charge in [-0.2, -0.15) is 0 Å². The van der Waals surface area contributed by atoms with Crippen molar-refractivity contribution in [1.82, 2.24) is 15.6 Å². The third-order valence-corrected chi connectivity index (χ3v) is 7.62. The molecule has 41 heavy (non-hydrogen) atoms. The van der Waals surface area contributed by atoms with Crippen LogP contribution in [0.3, 0.4) is 0 Å². The minimum Gasteiger partial charge on any atom is -0.504 e. The van der Waals surface area contributed by atoms with Gasteiger partial charge in [0, 0.05) is 43.9 Å². The molecule has 228 valence electrons. The number of aryl methyl sites for hydroxylation is 3. The largest absolute Gasteiger partial charge is 0.504 e. The molecule has 2 heterocycles. The summed E-state index contributed by atoms with van der Waals surface area (Å²) in [6.07, 6.45) is 7.98. The van der Waals surface area contributed by atoms with Crippen molar-refractivity contribution in [3.8, 4) is 11.5 Å². The molecule has 8 heteroatoms. The van der Waals surface area contributed by atoms with Crippen molar-refractivity contribution in [2.75, 3.05) is 26.3 Å². The van der Waals surface area contributed by atoms with Crippen LogP contribution in [0.5, 0.6) is 11.5 Å². The van der Waals surface area contributed by atoms with E-state index in [2.05, 4.69) is 54.6 Å². The molecule has 8 nitrogen and oxygen atoms in total. The van der Waals surface area contributed by atoms with Crippen LogP contribution in [0.1, 0.15) is 93.7 Å². The maximum Gasteiger partial charge on any atom is 0.161 e. The molecule has 1 aromatic carbocycles. The molecule has 6 N–H and O–H groups in total. The highest BCUT2D eigenvalue weighted by Gasteiger charge is 2.22. The fraction of sp³-hybridized carbons (Fsp3) is 0.576. The molecular weight excluding hydrogens is 518 g/mol. The Morgan fingerprint density at radius 1 is 0.976 bits per heavy atom. The first kappa shape index (κ1) is 32.7. The molecule has 0 unspecified atom stereocenters. The maximum atomic E-state index is 10.5. The quantitative estimate of drug-likeness (QED) is 0.108. The molecule has 0 aliphatic heterocycles. The number of phenolic OH excluding ortho intramolecular Hbond substituents is 1. The summed E-state index contributed by atoms with van der Waals surface area (Å²) in [6.45, 7) is 9.96. The van der Waals surface area contributed by atoms with E-state index in [4.69, 9.17) is 9.15 Å². The topological polar surface area (TPSA) is 123 Å². The van der Waals surface area contributed by atoms with Crippen molar-refractivity contribution in [1.29, 1.82) is 0 Å². The first-order chi connectivity index (χ1) is 19.8. The van der Waals surface area contributed by atoms with E-state index in [0.717, 1.165) is 73.4 Å². The van der Waals surface area contributed by atoms with Gasteiger partial charge in [0.1, 0.15) is 18.1 Å². The number of furan rings is 1.